The number of nitrogens with two attached hydrogens (primary N) is 1. The highest BCUT2D eigenvalue weighted by Gasteiger charge is 2.13. The lowest BCUT2D eigenvalue weighted by Crippen LogP contribution is -2.40. The Morgan fingerprint density at radius 2 is 2.47 bits per heavy atom. The van der Waals surface area contributed by atoms with E-state index >= 15 is 0 Å². The average molecular weight is 241 g/mol. The van der Waals surface area contributed by atoms with Crippen molar-refractivity contribution in [2.24, 2.45) is 5.73 Å². The first kappa shape index (κ1) is 13.7. The van der Waals surface area contributed by atoms with E-state index in [-0.39, 0.29) is 12.5 Å². The Bertz CT molecular complexity index is 351. The van der Waals surface area contributed by atoms with Gasteiger partial charge >= 0.3 is 0 Å². The third-order valence-electron chi connectivity index (χ3n) is 2.33. The summed E-state index contributed by atoms with van der Waals surface area (Å²) < 4.78 is 10.2. The van der Waals surface area contributed by atoms with E-state index in [0.29, 0.717) is 18.9 Å². The molecular weight excluding hydrogens is 222 g/mol. The molecule has 1 aromatic heterocycles. The van der Waals surface area contributed by atoms with E-state index in [4.69, 9.17) is 14.9 Å². The van der Waals surface area contributed by atoms with Gasteiger partial charge in [-0.2, -0.15) is 0 Å². The summed E-state index contributed by atoms with van der Waals surface area (Å²) in [5, 5.41) is 2.67. The Balaban J connectivity index is 2.32. The van der Waals surface area contributed by atoms with Crippen LogP contribution in [0.4, 0.5) is 0 Å². The van der Waals surface area contributed by atoms with Crippen molar-refractivity contribution in [1.29, 1.82) is 0 Å². The predicted molar refractivity (Wildman–Crippen MR) is 62.2 cm³/mol. The molecule has 96 valence electrons. The average Bonchev–Trinajstić information content (AvgIpc) is 2.80. The Morgan fingerprint density at radius 1 is 1.71 bits per heavy atom. The minimum atomic E-state index is -0.560. The minimum Gasteiger partial charge on any atom is -0.444 e. The lowest BCUT2D eigenvalue weighted by Gasteiger charge is -2.10. The van der Waals surface area contributed by atoms with Crippen LogP contribution in [0.2, 0.25) is 0 Å². The molecule has 1 heterocycles. The maximum atomic E-state index is 11.5. The van der Waals surface area contributed by atoms with Crippen LogP contribution in [0.25, 0.3) is 0 Å². The highest BCUT2D eigenvalue weighted by molar-refractivity contribution is 5.81. The van der Waals surface area contributed by atoms with Crippen molar-refractivity contribution in [3.63, 3.8) is 0 Å². The van der Waals surface area contributed by atoms with Crippen molar-refractivity contribution in [2.45, 2.75) is 32.4 Å². The first-order valence-corrected chi connectivity index (χ1v) is 5.63. The summed E-state index contributed by atoms with van der Waals surface area (Å²) in [5.74, 6) is 1.07. The van der Waals surface area contributed by atoms with Gasteiger partial charge in [-0.25, -0.2) is 4.98 Å². The number of carbonyl (C=O) groups is 1. The highest BCUT2D eigenvalue weighted by atomic mass is 16.5. The molecular formula is C11H19N3O3. The lowest BCUT2D eigenvalue weighted by atomic mass is 10.2. The first-order chi connectivity index (χ1) is 8.17. The molecule has 0 aliphatic rings. The molecule has 0 saturated heterocycles. The number of aromatic nitrogens is 1. The van der Waals surface area contributed by atoms with Gasteiger partial charge in [0.05, 0.1) is 18.8 Å². The monoisotopic (exact) mass is 241 g/mol. The number of methoxy groups -OCH3 is 1. The molecule has 0 aliphatic carbocycles. The van der Waals surface area contributed by atoms with Crippen LogP contribution in [0.1, 0.15) is 25.0 Å². The topological polar surface area (TPSA) is 90.4 Å². The molecule has 1 aromatic rings. The lowest BCUT2D eigenvalue weighted by molar-refractivity contribution is -0.123. The Kier molecular flexibility index (Phi) is 5.65. The van der Waals surface area contributed by atoms with Crippen molar-refractivity contribution in [2.75, 3.05) is 13.7 Å². The molecule has 0 saturated carbocycles. The van der Waals surface area contributed by atoms with Gasteiger partial charge in [0.2, 0.25) is 11.8 Å². The van der Waals surface area contributed by atoms with Crippen LogP contribution in [0.3, 0.4) is 0 Å². The second kappa shape index (κ2) is 7.03. The molecule has 0 bridgehead atoms. The molecule has 0 aliphatic heterocycles. The maximum Gasteiger partial charge on any atom is 0.237 e. The fourth-order valence-corrected chi connectivity index (χ4v) is 1.26. The second-order valence-corrected chi connectivity index (χ2v) is 3.68. The number of carbonyl (C=O) groups excluding carboxylic acids is 1. The van der Waals surface area contributed by atoms with Crippen molar-refractivity contribution in [3.8, 4) is 0 Å². The largest absolute Gasteiger partial charge is 0.444 e. The van der Waals surface area contributed by atoms with Gasteiger partial charge in [-0.15, -0.1) is 0 Å². The van der Waals surface area contributed by atoms with E-state index in [2.05, 4.69) is 10.3 Å². The summed E-state index contributed by atoms with van der Waals surface area (Å²) in [6.07, 6.45) is 2.94. The van der Waals surface area contributed by atoms with Crippen molar-refractivity contribution in [3.05, 3.63) is 17.8 Å². The summed E-state index contributed by atoms with van der Waals surface area (Å²) in [5.41, 5.74) is 5.66. The third-order valence-corrected chi connectivity index (χ3v) is 2.33. The zero-order valence-corrected chi connectivity index (χ0v) is 10.2. The van der Waals surface area contributed by atoms with E-state index in [9.17, 15) is 4.79 Å². The number of rotatable bonds is 7. The second-order valence-electron chi connectivity index (χ2n) is 3.68. The van der Waals surface area contributed by atoms with Crippen LogP contribution < -0.4 is 11.1 Å². The molecule has 17 heavy (non-hydrogen) atoms. The molecule has 3 N–H and O–H groups in total. The Labute approximate surface area is 101 Å². The summed E-state index contributed by atoms with van der Waals surface area (Å²) in [7, 11) is 1.57. The Hall–Kier alpha value is -1.40. The van der Waals surface area contributed by atoms with Crippen LogP contribution in [-0.4, -0.2) is 30.6 Å². The quantitative estimate of drug-likeness (QED) is 0.712. The number of nitrogens with zero attached hydrogens (tertiary/aromatic N) is 1. The zero-order chi connectivity index (χ0) is 12.7. The fourth-order valence-electron chi connectivity index (χ4n) is 1.26. The molecule has 0 fully saturated rings. The minimum absolute atomic E-state index is 0.224. The fraction of sp³-hybridized carbons (Fsp3) is 0.636. The number of hydrogen-bond acceptors (Lipinski definition) is 5. The van der Waals surface area contributed by atoms with Crippen LogP contribution in [-0.2, 0) is 22.5 Å². The number of hydrogen-bond donors (Lipinski definition) is 2. The number of aryl methyl sites for hydroxylation is 1. The van der Waals surface area contributed by atoms with E-state index in [1.54, 1.807) is 13.3 Å². The number of amides is 1. The standard InChI is InChI=1S/C11H19N3O3/c1-3-8-6-13-10(17-8)7-14-11(15)9(12)4-5-16-2/h6,9H,3-5,7,12H2,1-2H3,(H,14,15). The Morgan fingerprint density at radius 3 is 3.06 bits per heavy atom. The molecule has 1 atom stereocenters. The molecule has 6 nitrogen and oxygen atoms in total. The van der Waals surface area contributed by atoms with Crippen LogP contribution >= 0.6 is 0 Å². The SMILES string of the molecule is CCc1cnc(CNC(=O)C(N)CCOC)o1. The molecule has 0 radical (unpaired) electrons. The van der Waals surface area contributed by atoms with Gasteiger partial charge in [0.25, 0.3) is 0 Å². The summed E-state index contributed by atoms with van der Waals surface area (Å²) in [6, 6.07) is -0.560. The van der Waals surface area contributed by atoms with Gasteiger partial charge in [-0.3, -0.25) is 4.79 Å². The van der Waals surface area contributed by atoms with Crippen LogP contribution in [0.5, 0.6) is 0 Å². The third kappa shape index (κ3) is 4.54. The van der Waals surface area contributed by atoms with Gasteiger partial charge in [0.15, 0.2) is 0 Å². The summed E-state index contributed by atoms with van der Waals surface area (Å²) in [6.45, 7) is 2.70. The molecule has 0 aromatic carbocycles. The number of nitrogens with one attached hydrogen (secondary N) is 1. The van der Waals surface area contributed by atoms with Crippen molar-refractivity contribution >= 4 is 5.91 Å². The molecule has 0 spiro atoms. The van der Waals surface area contributed by atoms with Gasteiger partial charge in [-0.05, 0) is 6.42 Å². The molecule has 1 amide bonds. The van der Waals surface area contributed by atoms with Gasteiger partial charge in [0.1, 0.15) is 5.76 Å². The smallest absolute Gasteiger partial charge is 0.237 e. The van der Waals surface area contributed by atoms with Gasteiger partial charge in [0, 0.05) is 20.1 Å². The van der Waals surface area contributed by atoms with Crippen LogP contribution in [0.15, 0.2) is 10.6 Å². The molecule has 1 rings (SSSR count). The summed E-state index contributed by atoms with van der Waals surface area (Å²) >= 11 is 0. The first-order valence-electron chi connectivity index (χ1n) is 5.63. The maximum absolute atomic E-state index is 11.5. The predicted octanol–water partition coefficient (Wildman–Crippen LogP) is 0.217. The van der Waals surface area contributed by atoms with Crippen LogP contribution in [0, 0.1) is 0 Å². The normalized spacial score (nSPS) is 12.4. The van der Waals surface area contributed by atoms with E-state index in [1.165, 1.54) is 0 Å². The zero-order valence-electron chi connectivity index (χ0n) is 10.2. The van der Waals surface area contributed by atoms with E-state index in [1.807, 2.05) is 6.92 Å². The van der Waals surface area contributed by atoms with E-state index in [0.717, 1.165) is 12.2 Å². The van der Waals surface area contributed by atoms with E-state index < -0.39 is 6.04 Å². The summed E-state index contributed by atoms with van der Waals surface area (Å²) in [4.78, 5) is 15.6. The van der Waals surface area contributed by atoms with Gasteiger partial charge < -0.3 is 20.2 Å². The van der Waals surface area contributed by atoms with Crippen molar-refractivity contribution in [1.82, 2.24) is 10.3 Å². The van der Waals surface area contributed by atoms with Gasteiger partial charge in [-0.1, -0.05) is 6.92 Å². The van der Waals surface area contributed by atoms with Crippen molar-refractivity contribution < 1.29 is 13.9 Å². The number of ether oxygens (including phenoxy) is 1. The number of oxazole rings is 1. The molecule has 6 heteroatoms. The molecule has 1 unspecified atom stereocenters. The highest BCUT2D eigenvalue weighted by Crippen LogP contribution is 2.03.